The molecule has 0 heterocycles. The van der Waals surface area contributed by atoms with Crippen LogP contribution in [0.15, 0.2) is 0 Å². The van der Waals surface area contributed by atoms with E-state index in [1.54, 1.807) is 20.8 Å². The van der Waals surface area contributed by atoms with Crippen LogP contribution in [0.1, 0.15) is 27.2 Å². The standard InChI is InChI=1S/C9H18N2O4/c1-9(2,3)15-8(14)11-6-4-5-10-7(12)13/h10H,4-6H2,1-3H3,(H,11,14)(H,12,13). The van der Waals surface area contributed by atoms with Gasteiger partial charge in [-0.3, -0.25) is 0 Å². The molecule has 0 aliphatic carbocycles. The Morgan fingerprint density at radius 2 is 1.73 bits per heavy atom. The molecule has 0 saturated heterocycles. The van der Waals surface area contributed by atoms with Crippen molar-refractivity contribution >= 4 is 12.2 Å². The van der Waals surface area contributed by atoms with E-state index in [1.165, 1.54) is 0 Å². The highest BCUT2D eigenvalue weighted by molar-refractivity contribution is 5.67. The Bertz CT molecular complexity index is 223. The molecule has 0 fully saturated rings. The zero-order chi connectivity index (χ0) is 11.9. The summed E-state index contributed by atoms with van der Waals surface area (Å²) in [4.78, 5) is 21.1. The van der Waals surface area contributed by atoms with Crippen LogP contribution in [0.4, 0.5) is 9.59 Å². The predicted octanol–water partition coefficient (Wildman–Crippen LogP) is 1.17. The number of nitrogens with one attached hydrogen (secondary N) is 2. The van der Waals surface area contributed by atoms with Crippen LogP contribution in [0.3, 0.4) is 0 Å². The monoisotopic (exact) mass is 218 g/mol. The third-order valence-electron chi connectivity index (χ3n) is 1.30. The van der Waals surface area contributed by atoms with Crippen LogP contribution in [0.5, 0.6) is 0 Å². The number of carbonyl (C=O) groups excluding carboxylic acids is 1. The molecule has 3 N–H and O–H groups in total. The number of hydrogen-bond acceptors (Lipinski definition) is 3. The number of carbonyl (C=O) groups is 2. The number of hydrogen-bond donors (Lipinski definition) is 3. The molecule has 88 valence electrons. The van der Waals surface area contributed by atoms with E-state index in [4.69, 9.17) is 9.84 Å². The minimum Gasteiger partial charge on any atom is -0.465 e. The fourth-order valence-electron chi connectivity index (χ4n) is 0.788. The van der Waals surface area contributed by atoms with Crippen LogP contribution >= 0.6 is 0 Å². The Hall–Kier alpha value is -1.46. The van der Waals surface area contributed by atoms with Crippen molar-refractivity contribution < 1.29 is 19.4 Å². The van der Waals surface area contributed by atoms with E-state index in [1.807, 2.05) is 0 Å². The maximum atomic E-state index is 11.1. The number of ether oxygens (including phenoxy) is 1. The summed E-state index contributed by atoms with van der Waals surface area (Å²) in [5.74, 6) is 0. The quantitative estimate of drug-likeness (QED) is 0.618. The normalized spacial score (nSPS) is 10.6. The number of rotatable bonds is 4. The summed E-state index contributed by atoms with van der Waals surface area (Å²) >= 11 is 0. The lowest BCUT2D eigenvalue weighted by atomic mass is 10.2. The van der Waals surface area contributed by atoms with E-state index in [2.05, 4.69) is 10.6 Å². The second kappa shape index (κ2) is 6.10. The van der Waals surface area contributed by atoms with Crippen LogP contribution in [0.25, 0.3) is 0 Å². The molecule has 0 aromatic heterocycles. The van der Waals surface area contributed by atoms with Crippen molar-refractivity contribution in [2.24, 2.45) is 0 Å². The van der Waals surface area contributed by atoms with Gasteiger partial charge in [-0.2, -0.15) is 0 Å². The van der Waals surface area contributed by atoms with Gasteiger partial charge in [-0.1, -0.05) is 0 Å². The van der Waals surface area contributed by atoms with Crippen LogP contribution in [-0.4, -0.2) is 36.0 Å². The maximum absolute atomic E-state index is 11.1. The van der Waals surface area contributed by atoms with Crippen LogP contribution in [0, 0.1) is 0 Å². The first-order valence-corrected chi connectivity index (χ1v) is 4.75. The molecule has 0 atom stereocenters. The first-order chi connectivity index (χ1) is 6.81. The molecule has 0 aliphatic heterocycles. The Morgan fingerprint density at radius 1 is 1.20 bits per heavy atom. The molecule has 0 aromatic carbocycles. The van der Waals surface area contributed by atoms with Gasteiger partial charge in [0.05, 0.1) is 0 Å². The molecule has 0 radical (unpaired) electrons. The van der Waals surface area contributed by atoms with Gasteiger partial charge < -0.3 is 20.5 Å². The highest BCUT2D eigenvalue weighted by Gasteiger charge is 2.15. The Labute approximate surface area is 89.0 Å². The van der Waals surface area contributed by atoms with Crippen LogP contribution in [-0.2, 0) is 4.74 Å². The predicted molar refractivity (Wildman–Crippen MR) is 54.9 cm³/mol. The summed E-state index contributed by atoms with van der Waals surface area (Å²) in [6.07, 6.45) is -1.02. The second-order valence-electron chi connectivity index (χ2n) is 4.01. The first kappa shape index (κ1) is 13.5. The zero-order valence-electron chi connectivity index (χ0n) is 9.29. The summed E-state index contributed by atoms with van der Waals surface area (Å²) in [5.41, 5.74) is -0.511. The summed E-state index contributed by atoms with van der Waals surface area (Å²) in [5, 5.41) is 13.0. The lowest BCUT2D eigenvalue weighted by Crippen LogP contribution is -2.34. The fourth-order valence-corrected chi connectivity index (χ4v) is 0.788. The zero-order valence-corrected chi connectivity index (χ0v) is 9.29. The van der Waals surface area contributed by atoms with E-state index < -0.39 is 17.8 Å². The molecular weight excluding hydrogens is 200 g/mol. The van der Waals surface area contributed by atoms with Crippen LogP contribution < -0.4 is 10.6 Å². The molecule has 15 heavy (non-hydrogen) atoms. The third-order valence-corrected chi connectivity index (χ3v) is 1.30. The highest BCUT2D eigenvalue weighted by Crippen LogP contribution is 2.06. The van der Waals surface area contributed by atoms with Crippen LogP contribution in [0.2, 0.25) is 0 Å². The van der Waals surface area contributed by atoms with Gasteiger partial charge in [0.1, 0.15) is 5.60 Å². The Balaban J connectivity index is 3.44. The van der Waals surface area contributed by atoms with E-state index in [-0.39, 0.29) is 0 Å². The molecule has 0 unspecified atom stereocenters. The van der Waals surface area contributed by atoms with Crippen molar-refractivity contribution in [3.8, 4) is 0 Å². The average molecular weight is 218 g/mol. The number of carboxylic acid groups (broad SMARTS) is 1. The smallest absolute Gasteiger partial charge is 0.407 e. The molecule has 0 saturated carbocycles. The summed E-state index contributed by atoms with van der Waals surface area (Å²) < 4.78 is 4.98. The van der Waals surface area contributed by atoms with E-state index >= 15 is 0 Å². The number of amides is 2. The van der Waals surface area contributed by atoms with Gasteiger partial charge in [0.15, 0.2) is 0 Å². The lowest BCUT2D eigenvalue weighted by Gasteiger charge is -2.19. The molecule has 0 spiro atoms. The van der Waals surface area contributed by atoms with Gasteiger partial charge in [0.2, 0.25) is 0 Å². The third kappa shape index (κ3) is 10.5. The second-order valence-corrected chi connectivity index (χ2v) is 4.01. The van der Waals surface area contributed by atoms with Crippen molar-refractivity contribution in [2.45, 2.75) is 32.8 Å². The summed E-state index contributed by atoms with van der Waals surface area (Å²) in [6, 6.07) is 0. The maximum Gasteiger partial charge on any atom is 0.407 e. The highest BCUT2D eigenvalue weighted by atomic mass is 16.6. The SMILES string of the molecule is CC(C)(C)OC(=O)NCCCNC(=O)O. The van der Waals surface area contributed by atoms with E-state index in [9.17, 15) is 9.59 Å². The van der Waals surface area contributed by atoms with Gasteiger partial charge in [-0.15, -0.1) is 0 Å². The molecule has 6 heteroatoms. The van der Waals surface area contributed by atoms with Gasteiger partial charge in [0, 0.05) is 13.1 Å². The van der Waals surface area contributed by atoms with Gasteiger partial charge in [-0.05, 0) is 27.2 Å². The van der Waals surface area contributed by atoms with E-state index in [0.29, 0.717) is 19.5 Å². The van der Waals surface area contributed by atoms with Gasteiger partial charge in [-0.25, -0.2) is 9.59 Å². The summed E-state index contributed by atoms with van der Waals surface area (Å²) in [7, 11) is 0. The fraction of sp³-hybridized carbons (Fsp3) is 0.778. The molecular formula is C9H18N2O4. The van der Waals surface area contributed by atoms with Gasteiger partial charge in [0.25, 0.3) is 0 Å². The van der Waals surface area contributed by atoms with Crippen molar-refractivity contribution in [2.75, 3.05) is 13.1 Å². The molecule has 0 rings (SSSR count). The lowest BCUT2D eigenvalue weighted by molar-refractivity contribution is 0.0527. The van der Waals surface area contributed by atoms with Crippen molar-refractivity contribution in [1.29, 1.82) is 0 Å². The minimum atomic E-state index is -1.06. The van der Waals surface area contributed by atoms with Crippen molar-refractivity contribution in [3.63, 3.8) is 0 Å². The molecule has 0 bridgehead atoms. The molecule has 0 aromatic rings. The summed E-state index contributed by atoms with van der Waals surface area (Å²) in [6.45, 7) is 6.02. The minimum absolute atomic E-state index is 0.311. The first-order valence-electron chi connectivity index (χ1n) is 4.75. The van der Waals surface area contributed by atoms with Gasteiger partial charge >= 0.3 is 12.2 Å². The number of alkyl carbamates (subject to hydrolysis) is 1. The molecule has 6 nitrogen and oxygen atoms in total. The average Bonchev–Trinajstić information content (AvgIpc) is 1.99. The largest absolute Gasteiger partial charge is 0.465 e. The van der Waals surface area contributed by atoms with E-state index in [0.717, 1.165) is 0 Å². The Kier molecular flexibility index (Phi) is 5.51. The topological polar surface area (TPSA) is 87.7 Å². The van der Waals surface area contributed by atoms with Crippen molar-refractivity contribution in [1.82, 2.24) is 10.6 Å². The molecule has 2 amide bonds. The Morgan fingerprint density at radius 3 is 2.20 bits per heavy atom. The molecule has 0 aliphatic rings. The van der Waals surface area contributed by atoms with Crippen molar-refractivity contribution in [3.05, 3.63) is 0 Å².